The summed E-state index contributed by atoms with van der Waals surface area (Å²) in [4.78, 5) is 25.0. The average Bonchev–Trinajstić information content (AvgIpc) is 2.48. The van der Waals surface area contributed by atoms with Crippen LogP contribution >= 0.6 is 11.6 Å². The predicted octanol–water partition coefficient (Wildman–Crippen LogP) is 2.61. The lowest BCUT2D eigenvalue weighted by atomic mass is 10.0. The first-order valence-corrected chi connectivity index (χ1v) is 7.47. The lowest BCUT2D eigenvalue weighted by Gasteiger charge is -2.32. The number of anilines is 1. The molecule has 0 radical (unpaired) electrons. The second kappa shape index (κ2) is 7.43. The minimum atomic E-state index is -0.804. The number of benzene rings is 1. The van der Waals surface area contributed by atoms with Gasteiger partial charge in [-0.3, -0.25) is 14.5 Å². The second-order valence-electron chi connectivity index (χ2n) is 5.16. The largest absolute Gasteiger partial charge is 0.480 e. The van der Waals surface area contributed by atoms with Crippen molar-refractivity contribution in [1.82, 2.24) is 4.90 Å². The fourth-order valence-corrected chi connectivity index (χ4v) is 2.74. The Bertz CT molecular complexity index is 521. The number of aliphatic carboxylic acids is 1. The molecule has 5 nitrogen and oxygen atoms in total. The Morgan fingerprint density at radius 3 is 2.81 bits per heavy atom. The second-order valence-corrected chi connectivity index (χ2v) is 5.57. The summed E-state index contributed by atoms with van der Waals surface area (Å²) in [5.41, 5.74) is 0.581. The third-order valence-electron chi connectivity index (χ3n) is 3.67. The van der Waals surface area contributed by atoms with Gasteiger partial charge in [-0.25, -0.2) is 0 Å². The zero-order chi connectivity index (χ0) is 15.2. The van der Waals surface area contributed by atoms with Gasteiger partial charge in [0.05, 0.1) is 10.7 Å². The van der Waals surface area contributed by atoms with Crippen LogP contribution in [0.1, 0.15) is 25.7 Å². The molecule has 1 aromatic rings. The van der Waals surface area contributed by atoms with Crippen LogP contribution in [0.3, 0.4) is 0 Å². The van der Waals surface area contributed by atoms with Crippen molar-refractivity contribution in [2.24, 2.45) is 0 Å². The lowest BCUT2D eigenvalue weighted by molar-refractivity contribution is -0.144. The number of hydrogen-bond acceptors (Lipinski definition) is 3. The van der Waals surface area contributed by atoms with Crippen molar-refractivity contribution in [3.05, 3.63) is 29.3 Å². The first-order valence-electron chi connectivity index (χ1n) is 7.09. The van der Waals surface area contributed by atoms with Gasteiger partial charge >= 0.3 is 5.97 Å². The minimum absolute atomic E-state index is 0.155. The van der Waals surface area contributed by atoms with Crippen LogP contribution in [0, 0.1) is 0 Å². The number of rotatable bonds is 5. The highest BCUT2D eigenvalue weighted by Crippen LogP contribution is 2.21. The zero-order valence-corrected chi connectivity index (χ0v) is 12.5. The Kier molecular flexibility index (Phi) is 5.59. The van der Waals surface area contributed by atoms with E-state index in [1.165, 1.54) is 0 Å². The minimum Gasteiger partial charge on any atom is -0.480 e. The van der Waals surface area contributed by atoms with E-state index in [1.807, 2.05) is 4.90 Å². The van der Waals surface area contributed by atoms with Gasteiger partial charge < -0.3 is 10.4 Å². The van der Waals surface area contributed by atoms with E-state index in [-0.39, 0.29) is 12.3 Å². The Morgan fingerprint density at radius 2 is 2.10 bits per heavy atom. The Morgan fingerprint density at radius 1 is 1.33 bits per heavy atom. The maximum atomic E-state index is 11.9. The smallest absolute Gasteiger partial charge is 0.320 e. The van der Waals surface area contributed by atoms with E-state index in [2.05, 4.69) is 5.32 Å². The summed E-state index contributed by atoms with van der Waals surface area (Å²) in [5, 5.41) is 12.4. The number of nitrogens with zero attached hydrogens (tertiary/aromatic N) is 1. The molecule has 1 unspecified atom stereocenters. The molecule has 1 aromatic carbocycles. The molecular formula is C15H19ClN2O3. The van der Waals surface area contributed by atoms with Crippen molar-refractivity contribution >= 4 is 29.2 Å². The maximum absolute atomic E-state index is 11.9. The number of hydrogen-bond donors (Lipinski definition) is 2. The fraction of sp³-hybridized carbons (Fsp3) is 0.467. The van der Waals surface area contributed by atoms with Crippen molar-refractivity contribution in [3.63, 3.8) is 0 Å². The molecule has 0 spiro atoms. The maximum Gasteiger partial charge on any atom is 0.320 e. The highest BCUT2D eigenvalue weighted by molar-refractivity contribution is 6.33. The average molecular weight is 311 g/mol. The number of carbonyl (C=O) groups is 2. The number of para-hydroxylation sites is 1. The van der Waals surface area contributed by atoms with E-state index in [0.717, 1.165) is 19.4 Å². The lowest BCUT2D eigenvalue weighted by Crippen LogP contribution is -2.45. The van der Waals surface area contributed by atoms with Crippen molar-refractivity contribution in [2.75, 3.05) is 18.4 Å². The number of piperidine rings is 1. The molecule has 0 saturated carbocycles. The number of carbonyl (C=O) groups excluding carboxylic acids is 1. The van der Waals surface area contributed by atoms with E-state index >= 15 is 0 Å². The molecule has 0 aromatic heterocycles. The summed E-state index contributed by atoms with van der Waals surface area (Å²) in [6, 6.07) is 6.58. The van der Waals surface area contributed by atoms with Crippen LogP contribution < -0.4 is 5.32 Å². The van der Waals surface area contributed by atoms with E-state index in [4.69, 9.17) is 11.6 Å². The molecular weight excluding hydrogens is 292 g/mol. The molecule has 1 amide bonds. The van der Waals surface area contributed by atoms with Gasteiger partial charge in [-0.15, -0.1) is 0 Å². The topological polar surface area (TPSA) is 69.6 Å². The van der Waals surface area contributed by atoms with Gasteiger partial charge in [0.1, 0.15) is 6.04 Å². The Labute approximate surface area is 128 Å². The Balaban J connectivity index is 1.86. The molecule has 1 saturated heterocycles. The number of carboxylic acids is 1. The fourth-order valence-electron chi connectivity index (χ4n) is 2.56. The number of nitrogens with one attached hydrogen (secondary N) is 1. The summed E-state index contributed by atoms with van der Waals surface area (Å²) in [6.45, 7) is 1.18. The van der Waals surface area contributed by atoms with Crippen molar-refractivity contribution in [2.45, 2.75) is 31.7 Å². The SMILES string of the molecule is O=C(CCN1CCCCC1C(=O)O)Nc1ccccc1Cl. The normalized spacial score (nSPS) is 19.2. The standard InChI is InChI=1S/C15H19ClN2O3/c16-11-5-1-2-6-12(11)17-14(19)8-10-18-9-4-3-7-13(18)15(20)21/h1-2,5-6,13H,3-4,7-10H2,(H,17,19)(H,20,21). The molecule has 6 heteroatoms. The van der Waals surface area contributed by atoms with Crippen LogP contribution in [0.5, 0.6) is 0 Å². The number of carboxylic acid groups (broad SMARTS) is 1. The first-order chi connectivity index (χ1) is 10.1. The summed E-state index contributed by atoms with van der Waals surface area (Å²) in [6.07, 6.45) is 2.83. The highest BCUT2D eigenvalue weighted by Gasteiger charge is 2.28. The molecule has 2 N–H and O–H groups in total. The quantitative estimate of drug-likeness (QED) is 0.877. The molecule has 21 heavy (non-hydrogen) atoms. The van der Waals surface area contributed by atoms with Gasteiger partial charge in [0, 0.05) is 13.0 Å². The van der Waals surface area contributed by atoms with E-state index in [0.29, 0.717) is 23.7 Å². The van der Waals surface area contributed by atoms with Crippen molar-refractivity contribution < 1.29 is 14.7 Å². The molecule has 1 atom stereocenters. The molecule has 1 aliphatic rings. The Hall–Kier alpha value is -1.59. The predicted molar refractivity (Wildman–Crippen MR) is 81.5 cm³/mol. The van der Waals surface area contributed by atoms with E-state index < -0.39 is 12.0 Å². The third kappa shape index (κ3) is 4.44. The monoisotopic (exact) mass is 310 g/mol. The molecule has 1 heterocycles. The van der Waals surface area contributed by atoms with Gasteiger partial charge in [0.15, 0.2) is 0 Å². The zero-order valence-electron chi connectivity index (χ0n) is 11.7. The van der Waals surface area contributed by atoms with Crippen molar-refractivity contribution in [3.8, 4) is 0 Å². The number of halogens is 1. The van der Waals surface area contributed by atoms with Crippen LogP contribution in [0.2, 0.25) is 5.02 Å². The van der Waals surface area contributed by atoms with Crippen LogP contribution in [-0.2, 0) is 9.59 Å². The van der Waals surface area contributed by atoms with Gasteiger partial charge in [-0.2, -0.15) is 0 Å². The molecule has 114 valence electrons. The van der Waals surface area contributed by atoms with Gasteiger partial charge in [0.2, 0.25) is 5.91 Å². The molecule has 1 fully saturated rings. The summed E-state index contributed by atoms with van der Waals surface area (Å²) in [5.74, 6) is -0.959. The molecule has 0 aliphatic carbocycles. The first kappa shape index (κ1) is 15.8. The molecule has 0 bridgehead atoms. The highest BCUT2D eigenvalue weighted by atomic mass is 35.5. The molecule has 1 aliphatic heterocycles. The third-order valence-corrected chi connectivity index (χ3v) is 4.00. The van der Waals surface area contributed by atoms with Crippen molar-refractivity contribution in [1.29, 1.82) is 0 Å². The van der Waals surface area contributed by atoms with Gasteiger partial charge in [-0.1, -0.05) is 30.2 Å². The van der Waals surface area contributed by atoms with Gasteiger partial charge in [0.25, 0.3) is 0 Å². The van der Waals surface area contributed by atoms with E-state index in [9.17, 15) is 14.7 Å². The molecule has 2 rings (SSSR count). The summed E-state index contributed by atoms with van der Waals surface area (Å²) in [7, 11) is 0. The van der Waals surface area contributed by atoms with Gasteiger partial charge in [-0.05, 0) is 31.5 Å². The van der Waals surface area contributed by atoms with Crippen LogP contribution in [0.15, 0.2) is 24.3 Å². The summed E-state index contributed by atoms with van der Waals surface area (Å²) >= 11 is 5.98. The number of likely N-dealkylation sites (tertiary alicyclic amines) is 1. The van der Waals surface area contributed by atoms with Crippen LogP contribution in [0.25, 0.3) is 0 Å². The van der Waals surface area contributed by atoms with Crippen LogP contribution in [-0.4, -0.2) is 41.0 Å². The summed E-state index contributed by atoms with van der Waals surface area (Å²) < 4.78 is 0. The van der Waals surface area contributed by atoms with E-state index in [1.54, 1.807) is 24.3 Å². The van der Waals surface area contributed by atoms with Crippen LogP contribution in [0.4, 0.5) is 5.69 Å². The number of amides is 1.